The standard InChI is InChI=1S/C13H14O2.C3H3N/c1-5-11-8-6-7-10(4)12(11)15-13(14)9(2)3;1-2-3-4/h5-8H,1-2H2,3-4H3;2H,1H2. The molecule has 0 fully saturated rings. The summed E-state index contributed by atoms with van der Waals surface area (Å²) >= 11 is 0. The number of ether oxygens (including phenoxy) is 1. The van der Waals surface area contributed by atoms with Crippen LogP contribution in [0.3, 0.4) is 0 Å². The molecule has 1 aromatic rings. The number of nitriles is 1. The number of hydrogen-bond donors (Lipinski definition) is 0. The molecule has 0 saturated carbocycles. The Morgan fingerprint density at radius 2 is 2.00 bits per heavy atom. The summed E-state index contributed by atoms with van der Waals surface area (Å²) in [6, 6.07) is 7.32. The van der Waals surface area contributed by atoms with Crippen LogP contribution in [0.1, 0.15) is 18.1 Å². The van der Waals surface area contributed by atoms with Crippen molar-refractivity contribution in [3.05, 3.63) is 60.7 Å². The normalized spacial score (nSPS) is 8.26. The van der Waals surface area contributed by atoms with Crippen molar-refractivity contribution in [2.45, 2.75) is 13.8 Å². The molecule has 0 aromatic heterocycles. The van der Waals surface area contributed by atoms with Gasteiger partial charge in [0.15, 0.2) is 0 Å². The van der Waals surface area contributed by atoms with Crippen molar-refractivity contribution in [1.82, 2.24) is 0 Å². The fraction of sp³-hybridized carbons (Fsp3) is 0.125. The maximum absolute atomic E-state index is 11.4. The largest absolute Gasteiger partial charge is 0.422 e. The Balaban J connectivity index is 0.000000711. The second-order valence-electron chi connectivity index (χ2n) is 3.70. The molecule has 0 unspecified atom stereocenters. The number of benzene rings is 1. The molecule has 0 heterocycles. The summed E-state index contributed by atoms with van der Waals surface area (Å²) in [7, 11) is 0. The molecule has 0 bridgehead atoms. The maximum Gasteiger partial charge on any atom is 0.338 e. The van der Waals surface area contributed by atoms with Gasteiger partial charge in [0.25, 0.3) is 0 Å². The zero-order chi connectivity index (χ0) is 14.8. The first kappa shape index (κ1) is 16.4. The highest BCUT2D eigenvalue weighted by atomic mass is 16.5. The third-order valence-electron chi connectivity index (χ3n) is 2.10. The smallest absolute Gasteiger partial charge is 0.338 e. The summed E-state index contributed by atoms with van der Waals surface area (Å²) in [4.78, 5) is 11.4. The predicted octanol–water partition coefficient (Wildman–Crippen LogP) is 3.82. The van der Waals surface area contributed by atoms with Crippen molar-refractivity contribution in [2.24, 2.45) is 0 Å². The third kappa shape index (κ3) is 5.51. The van der Waals surface area contributed by atoms with Gasteiger partial charge in [0.2, 0.25) is 0 Å². The van der Waals surface area contributed by atoms with E-state index >= 15 is 0 Å². The van der Waals surface area contributed by atoms with Crippen LogP contribution in [0.2, 0.25) is 0 Å². The highest BCUT2D eigenvalue weighted by Crippen LogP contribution is 2.24. The molecular weight excluding hydrogens is 238 g/mol. The summed E-state index contributed by atoms with van der Waals surface area (Å²) < 4.78 is 5.22. The van der Waals surface area contributed by atoms with Gasteiger partial charge in [0.1, 0.15) is 5.75 Å². The lowest BCUT2D eigenvalue weighted by molar-refractivity contribution is -0.130. The summed E-state index contributed by atoms with van der Waals surface area (Å²) in [5.41, 5.74) is 2.10. The highest BCUT2D eigenvalue weighted by molar-refractivity contribution is 5.89. The third-order valence-corrected chi connectivity index (χ3v) is 2.10. The average Bonchev–Trinajstić information content (AvgIpc) is 2.41. The minimum Gasteiger partial charge on any atom is -0.422 e. The van der Waals surface area contributed by atoms with E-state index in [-0.39, 0.29) is 0 Å². The van der Waals surface area contributed by atoms with Crippen LogP contribution in [0, 0.1) is 18.3 Å². The molecule has 0 amide bonds. The van der Waals surface area contributed by atoms with Crippen LogP contribution in [0.5, 0.6) is 5.75 Å². The topological polar surface area (TPSA) is 50.1 Å². The van der Waals surface area contributed by atoms with E-state index in [2.05, 4.69) is 19.7 Å². The lowest BCUT2D eigenvalue weighted by Gasteiger charge is -2.09. The SMILES string of the molecule is C=CC#N.C=Cc1cccc(C)c1OC(=O)C(=C)C. The summed E-state index contributed by atoms with van der Waals surface area (Å²) in [5.74, 6) is 0.146. The second kappa shape index (κ2) is 8.48. The first-order chi connectivity index (χ1) is 8.97. The molecule has 1 aromatic carbocycles. The summed E-state index contributed by atoms with van der Waals surface area (Å²) in [6.07, 6.45) is 2.84. The Kier molecular flexibility index (Phi) is 7.32. The van der Waals surface area contributed by atoms with Gasteiger partial charge in [0, 0.05) is 17.2 Å². The van der Waals surface area contributed by atoms with Gasteiger partial charge in [0.05, 0.1) is 6.07 Å². The Bertz CT molecular complexity index is 536. The van der Waals surface area contributed by atoms with Gasteiger partial charge in [-0.25, -0.2) is 4.79 Å². The van der Waals surface area contributed by atoms with Crippen LogP contribution in [-0.4, -0.2) is 5.97 Å². The Hall–Kier alpha value is -2.60. The number of nitrogens with zero attached hydrogens (tertiary/aromatic N) is 1. The molecule has 3 nitrogen and oxygen atoms in total. The van der Waals surface area contributed by atoms with Crippen molar-refractivity contribution >= 4 is 12.0 Å². The Morgan fingerprint density at radius 3 is 2.42 bits per heavy atom. The molecule has 3 heteroatoms. The van der Waals surface area contributed by atoms with Crippen molar-refractivity contribution in [3.8, 4) is 11.8 Å². The molecule has 0 radical (unpaired) electrons. The van der Waals surface area contributed by atoms with E-state index < -0.39 is 5.97 Å². The molecule has 0 N–H and O–H groups in total. The molecule has 0 aliphatic rings. The minimum absolute atomic E-state index is 0.383. The number of aryl methyl sites for hydroxylation is 1. The van der Waals surface area contributed by atoms with Crippen molar-refractivity contribution in [3.63, 3.8) is 0 Å². The van der Waals surface area contributed by atoms with Crippen LogP contribution in [-0.2, 0) is 4.79 Å². The molecule has 0 atom stereocenters. The van der Waals surface area contributed by atoms with Gasteiger partial charge < -0.3 is 4.74 Å². The number of para-hydroxylation sites is 1. The van der Waals surface area contributed by atoms with Gasteiger partial charge in [-0.1, -0.05) is 44.0 Å². The quantitative estimate of drug-likeness (QED) is 0.357. The van der Waals surface area contributed by atoms with Gasteiger partial charge in [-0.05, 0) is 19.4 Å². The number of allylic oxidation sites excluding steroid dienone is 1. The fourth-order valence-electron chi connectivity index (χ4n) is 1.16. The minimum atomic E-state index is -0.410. The van der Waals surface area contributed by atoms with E-state index in [1.165, 1.54) is 6.08 Å². The molecule has 19 heavy (non-hydrogen) atoms. The molecule has 1 rings (SSSR count). The summed E-state index contributed by atoms with van der Waals surface area (Å²) in [6.45, 7) is 13.8. The molecule has 0 saturated heterocycles. The fourth-order valence-corrected chi connectivity index (χ4v) is 1.16. The van der Waals surface area contributed by atoms with Crippen LogP contribution in [0.4, 0.5) is 0 Å². The van der Waals surface area contributed by atoms with Crippen LogP contribution in [0.25, 0.3) is 6.08 Å². The molecular formula is C16H17NO2. The zero-order valence-electron chi connectivity index (χ0n) is 11.3. The second-order valence-corrected chi connectivity index (χ2v) is 3.70. The number of esters is 1. The number of carbonyl (C=O) groups is 1. The Labute approximate surface area is 114 Å². The van der Waals surface area contributed by atoms with Gasteiger partial charge in [-0.2, -0.15) is 5.26 Å². The first-order valence-corrected chi connectivity index (χ1v) is 5.58. The molecule has 98 valence electrons. The van der Waals surface area contributed by atoms with Crippen LogP contribution >= 0.6 is 0 Å². The monoisotopic (exact) mass is 255 g/mol. The number of hydrogen-bond acceptors (Lipinski definition) is 3. The number of carbonyl (C=O) groups excluding carboxylic acids is 1. The van der Waals surface area contributed by atoms with Crippen molar-refractivity contribution < 1.29 is 9.53 Å². The maximum atomic E-state index is 11.4. The van der Waals surface area contributed by atoms with Gasteiger partial charge in [-0.15, -0.1) is 0 Å². The lowest BCUT2D eigenvalue weighted by atomic mass is 10.1. The predicted molar refractivity (Wildman–Crippen MR) is 77.5 cm³/mol. The molecule has 0 aliphatic carbocycles. The first-order valence-electron chi connectivity index (χ1n) is 5.58. The van der Waals surface area contributed by atoms with Crippen LogP contribution in [0.15, 0.2) is 49.6 Å². The summed E-state index contributed by atoms with van der Waals surface area (Å²) in [5, 5.41) is 7.51. The Morgan fingerprint density at radius 1 is 1.42 bits per heavy atom. The van der Waals surface area contributed by atoms with E-state index in [0.29, 0.717) is 11.3 Å². The van der Waals surface area contributed by atoms with Crippen molar-refractivity contribution in [2.75, 3.05) is 0 Å². The van der Waals surface area contributed by atoms with Gasteiger partial charge >= 0.3 is 5.97 Å². The van der Waals surface area contributed by atoms with E-state index in [1.54, 1.807) is 19.1 Å². The van der Waals surface area contributed by atoms with E-state index in [1.807, 2.05) is 25.1 Å². The highest BCUT2D eigenvalue weighted by Gasteiger charge is 2.10. The van der Waals surface area contributed by atoms with Crippen molar-refractivity contribution in [1.29, 1.82) is 5.26 Å². The molecule has 0 aliphatic heterocycles. The zero-order valence-corrected chi connectivity index (χ0v) is 11.3. The molecule has 0 spiro atoms. The average molecular weight is 255 g/mol. The van der Waals surface area contributed by atoms with Crippen LogP contribution < -0.4 is 4.74 Å². The van der Waals surface area contributed by atoms with Gasteiger partial charge in [-0.3, -0.25) is 0 Å². The van der Waals surface area contributed by atoms with E-state index in [4.69, 9.17) is 10.00 Å². The van der Waals surface area contributed by atoms with E-state index in [9.17, 15) is 4.79 Å². The lowest BCUT2D eigenvalue weighted by Crippen LogP contribution is -2.10. The number of rotatable bonds is 3. The van der Waals surface area contributed by atoms with E-state index in [0.717, 1.165) is 11.1 Å².